The summed E-state index contributed by atoms with van der Waals surface area (Å²) in [6.07, 6.45) is -2.49. The van der Waals surface area contributed by atoms with Crippen LogP contribution in [-0.2, 0) is 19.6 Å². The summed E-state index contributed by atoms with van der Waals surface area (Å²) >= 11 is 0. The zero-order valence-corrected chi connectivity index (χ0v) is 21.8. The van der Waals surface area contributed by atoms with Gasteiger partial charge in [0.1, 0.15) is 17.5 Å². The molecule has 1 atom stereocenters. The highest BCUT2D eigenvalue weighted by Crippen LogP contribution is 2.33. The van der Waals surface area contributed by atoms with Crippen LogP contribution in [0.5, 0.6) is 0 Å². The van der Waals surface area contributed by atoms with Crippen molar-refractivity contribution in [3.63, 3.8) is 0 Å². The quantitative estimate of drug-likeness (QED) is 0.264. The van der Waals surface area contributed by atoms with Gasteiger partial charge in [-0.05, 0) is 73.4 Å². The number of nitrogens with zero attached hydrogens (tertiary/aromatic N) is 2. The SMILES string of the molecule is C=C(Nc1ccc2c(c1)CN(c1cccc(C(C)F)c1)C2)c1cc(CNC(=C)C(C)(C)F)cnc1C(F)F. The average molecular weight is 525 g/mol. The maximum Gasteiger partial charge on any atom is 0.281 e. The molecule has 0 radical (unpaired) electrons. The fourth-order valence-corrected chi connectivity index (χ4v) is 4.32. The Kier molecular flexibility index (Phi) is 7.81. The zero-order valence-electron chi connectivity index (χ0n) is 21.8. The monoisotopic (exact) mass is 524 g/mol. The van der Waals surface area contributed by atoms with Gasteiger partial charge >= 0.3 is 0 Å². The van der Waals surface area contributed by atoms with E-state index in [4.69, 9.17) is 0 Å². The highest BCUT2D eigenvalue weighted by atomic mass is 19.3. The third-order valence-electron chi connectivity index (χ3n) is 6.65. The van der Waals surface area contributed by atoms with Crippen LogP contribution in [0.25, 0.3) is 5.70 Å². The molecule has 4 rings (SSSR count). The van der Waals surface area contributed by atoms with Crippen molar-refractivity contribution in [2.24, 2.45) is 0 Å². The topological polar surface area (TPSA) is 40.2 Å². The van der Waals surface area contributed by atoms with Crippen LogP contribution in [0.4, 0.5) is 28.9 Å². The molecule has 3 aromatic rings. The van der Waals surface area contributed by atoms with E-state index in [1.54, 1.807) is 12.1 Å². The van der Waals surface area contributed by atoms with E-state index in [9.17, 15) is 17.6 Å². The molecule has 4 nitrogen and oxygen atoms in total. The van der Waals surface area contributed by atoms with Gasteiger partial charge in [-0.1, -0.05) is 31.4 Å². The summed E-state index contributed by atoms with van der Waals surface area (Å²) in [5.41, 5.74) is 3.74. The fourth-order valence-electron chi connectivity index (χ4n) is 4.32. The van der Waals surface area contributed by atoms with E-state index in [1.165, 1.54) is 27.0 Å². The van der Waals surface area contributed by atoms with Crippen molar-refractivity contribution in [3.8, 4) is 0 Å². The van der Waals surface area contributed by atoms with Crippen LogP contribution in [-0.4, -0.2) is 10.7 Å². The number of anilines is 2. The molecule has 0 fully saturated rings. The summed E-state index contributed by atoms with van der Waals surface area (Å²) in [7, 11) is 0. The molecule has 0 saturated heterocycles. The van der Waals surface area contributed by atoms with Crippen LogP contribution in [0.2, 0.25) is 0 Å². The Hall–Kier alpha value is -3.81. The van der Waals surface area contributed by atoms with Crippen LogP contribution in [0.3, 0.4) is 0 Å². The summed E-state index contributed by atoms with van der Waals surface area (Å²) in [6, 6.07) is 14.9. The molecule has 0 bridgehead atoms. The van der Waals surface area contributed by atoms with Crippen molar-refractivity contribution in [3.05, 3.63) is 107 Å². The van der Waals surface area contributed by atoms with Crippen LogP contribution in [0.1, 0.15) is 66.9 Å². The van der Waals surface area contributed by atoms with Crippen molar-refractivity contribution in [2.75, 3.05) is 10.2 Å². The van der Waals surface area contributed by atoms with E-state index >= 15 is 0 Å². The minimum atomic E-state index is -2.79. The Balaban J connectivity index is 1.50. The van der Waals surface area contributed by atoms with Gasteiger partial charge in [-0.3, -0.25) is 4.98 Å². The van der Waals surface area contributed by atoms with Crippen LogP contribution in [0.15, 0.2) is 73.6 Å². The Bertz CT molecular complexity index is 1340. The molecule has 0 amide bonds. The van der Waals surface area contributed by atoms with Gasteiger partial charge in [-0.15, -0.1) is 0 Å². The normalized spacial score (nSPS) is 13.8. The molecule has 0 aliphatic carbocycles. The lowest BCUT2D eigenvalue weighted by Crippen LogP contribution is -2.27. The Morgan fingerprint density at radius 3 is 2.47 bits per heavy atom. The zero-order chi connectivity index (χ0) is 27.6. The molecule has 2 heterocycles. The lowest BCUT2D eigenvalue weighted by atomic mass is 10.1. The number of pyridine rings is 1. The van der Waals surface area contributed by atoms with Crippen LogP contribution >= 0.6 is 0 Å². The molecule has 1 aromatic heterocycles. The number of nitrogens with one attached hydrogen (secondary N) is 2. The first-order chi connectivity index (χ1) is 17.9. The second-order valence-electron chi connectivity index (χ2n) is 10.0. The number of alkyl halides is 4. The predicted octanol–water partition coefficient (Wildman–Crippen LogP) is 8.00. The first-order valence-electron chi connectivity index (χ1n) is 12.4. The number of rotatable bonds is 10. The van der Waals surface area contributed by atoms with Gasteiger partial charge < -0.3 is 15.5 Å². The van der Waals surface area contributed by atoms with Crippen LogP contribution in [0, 0.1) is 0 Å². The maximum absolute atomic E-state index is 14.1. The molecule has 1 unspecified atom stereocenters. The molecule has 2 aromatic carbocycles. The van der Waals surface area contributed by atoms with E-state index in [-0.39, 0.29) is 29.2 Å². The van der Waals surface area contributed by atoms with Gasteiger partial charge in [0.2, 0.25) is 0 Å². The maximum atomic E-state index is 14.1. The van der Waals surface area contributed by atoms with Crippen molar-refractivity contribution in [1.29, 1.82) is 0 Å². The molecular formula is C30H32F4N4. The van der Waals surface area contributed by atoms with Gasteiger partial charge in [0.25, 0.3) is 6.43 Å². The van der Waals surface area contributed by atoms with Gasteiger partial charge in [0.15, 0.2) is 0 Å². The van der Waals surface area contributed by atoms with E-state index in [0.717, 1.165) is 16.8 Å². The number of halogens is 4. The van der Waals surface area contributed by atoms with Gasteiger partial charge in [0, 0.05) is 54.2 Å². The highest BCUT2D eigenvalue weighted by molar-refractivity contribution is 5.77. The van der Waals surface area contributed by atoms with Crippen molar-refractivity contribution in [1.82, 2.24) is 10.3 Å². The number of hydrogen-bond acceptors (Lipinski definition) is 4. The number of allylic oxidation sites excluding steroid dienone is 1. The third kappa shape index (κ3) is 6.18. The third-order valence-corrected chi connectivity index (χ3v) is 6.65. The Morgan fingerprint density at radius 1 is 1.05 bits per heavy atom. The first kappa shape index (κ1) is 27.2. The number of fused-ring (bicyclic) bond motifs is 1. The summed E-state index contributed by atoms with van der Waals surface area (Å²) in [5.74, 6) is 0. The number of benzene rings is 2. The van der Waals surface area contributed by atoms with Crippen molar-refractivity contribution < 1.29 is 17.6 Å². The smallest absolute Gasteiger partial charge is 0.281 e. The summed E-state index contributed by atoms with van der Waals surface area (Å²) in [4.78, 5) is 6.12. The molecule has 8 heteroatoms. The molecule has 200 valence electrons. The largest absolute Gasteiger partial charge is 0.382 e. The molecule has 1 aliphatic heterocycles. The second-order valence-corrected chi connectivity index (χ2v) is 10.0. The fraction of sp³-hybridized carbons (Fsp3) is 0.300. The van der Waals surface area contributed by atoms with Gasteiger partial charge in [-0.2, -0.15) is 0 Å². The van der Waals surface area contributed by atoms with Crippen molar-refractivity contribution >= 4 is 17.1 Å². The molecule has 2 N–H and O–H groups in total. The standard InChI is InChI=1S/C30H32F4N4/c1-18(31)22-7-6-8-26(13-22)38-16-23-9-10-25(12-24(23)17-38)37-19(2)27-11-21(15-36-28(27)29(32)33)14-35-20(3)30(4,5)34/h6-13,15,18,29,35,37H,2-3,14,16-17H2,1,4-5H3. The van der Waals surface area contributed by atoms with E-state index in [1.807, 2.05) is 36.4 Å². The summed E-state index contributed by atoms with van der Waals surface area (Å²) in [6.45, 7) is 13.5. The summed E-state index contributed by atoms with van der Waals surface area (Å²) in [5, 5.41) is 6.03. The molecule has 38 heavy (non-hydrogen) atoms. The molecule has 0 spiro atoms. The minimum Gasteiger partial charge on any atom is -0.382 e. The summed E-state index contributed by atoms with van der Waals surface area (Å²) < 4.78 is 55.4. The minimum absolute atomic E-state index is 0.181. The van der Waals surface area contributed by atoms with E-state index < -0.39 is 18.3 Å². The molecule has 0 saturated carbocycles. The second kappa shape index (κ2) is 10.9. The highest BCUT2D eigenvalue weighted by Gasteiger charge is 2.23. The van der Waals surface area contributed by atoms with Gasteiger partial charge in [-0.25, -0.2) is 17.6 Å². The van der Waals surface area contributed by atoms with E-state index in [2.05, 4.69) is 33.7 Å². The Morgan fingerprint density at radius 2 is 1.79 bits per heavy atom. The first-order valence-corrected chi connectivity index (χ1v) is 12.4. The van der Waals surface area contributed by atoms with Crippen molar-refractivity contribution in [2.45, 2.75) is 58.7 Å². The number of aromatic nitrogens is 1. The number of hydrogen-bond donors (Lipinski definition) is 2. The van der Waals surface area contributed by atoms with Crippen LogP contribution < -0.4 is 15.5 Å². The lowest BCUT2D eigenvalue weighted by molar-refractivity contribution is 0.145. The average Bonchev–Trinajstić information content (AvgIpc) is 3.30. The lowest BCUT2D eigenvalue weighted by Gasteiger charge is -2.20. The molecule has 1 aliphatic rings. The predicted molar refractivity (Wildman–Crippen MR) is 145 cm³/mol. The van der Waals surface area contributed by atoms with Gasteiger partial charge in [0.05, 0.1) is 0 Å². The van der Waals surface area contributed by atoms with E-state index in [0.29, 0.717) is 29.9 Å². The molecular weight excluding hydrogens is 492 g/mol. The Labute approximate surface area is 221 Å².